The van der Waals surface area contributed by atoms with Crippen molar-refractivity contribution in [3.8, 4) is 11.5 Å². The highest BCUT2D eigenvalue weighted by molar-refractivity contribution is 7.91. The van der Waals surface area contributed by atoms with Gasteiger partial charge in [-0.05, 0) is 24.3 Å². The fourth-order valence-corrected chi connectivity index (χ4v) is 5.89. The van der Waals surface area contributed by atoms with Gasteiger partial charge in [-0.1, -0.05) is 0 Å². The molecule has 0 bridgehead atoms. The number of rotatable bonds is 10. The highest BCUT2D eigenvalue weighted by Crippen LogP contribution is 2.36. The van der Waals surface area contributed by atoms with Gasteiger partial charge >= 0.3 is 0 Å². The minimum absolute atomic E-state index is 0. The smallest absolute Gasteiger partial charge is 0.206 e. The summed E-state index contributed by atoms with van der Waals surface area (Å²) in [6, 6.07) is 6.44. The van der Waals surface area contributed by atoms with Gasteiger partial charge in [-0.15, -0.1) is 0 Å². The third-order valence-corrected chi connectivity index (χ3v) is 7.39. The second kappa shape index (κ2) is 16.4. The molecule has 0 heterocycles. The van der Waals surface area contributed by atoms with Gasteiger partial charge in [0.15, 0.2) is 0 Å². The average Bonchev–Trinajstić information content (AvgIpc) is 2.63. The normalized spacial score (nSPS) is 12.4. The highest BCUT2D eigenvalue weighted by Gasteiger charge is 2.29. The fourth-order valence-electron chi connectivity index (χ4n) is 4.43. The first-order chi connectivity index (χ1) is 16.4. The molecule has 0 aromatic heterocycles. The molecule has 2 rings (SSSR count). The van der Waals surface area contributed by atoms with Crippen LogP contribution in [-0.2, 0) is 36.0 Å². The Labute approximate surface area is 317 Å². The maximum Gasteiger partial charge on any atom is 0.206 e. The lowest BCUT2D eigenvalue weighted by molar-refractivity contribution is -0.884. The Morgan fingerprint density at radius 1 is 0.463 bits per heavy atom. The summed E-state index contributed by atoms with van der Waals surface area (Å²) >= 11 is 0. The minimum atomic E-state index is -3.93. The Morgan fingerprint density at radius 2 is 0.634 bits per heavy atom. The van der Waals surface area contributed by atoms with Crippen LogP contribution >= 0.6 is 0 Å². The molecule has 2 aromatic carbocycles. The van der Waals surface area contributed by atoms with E-state index in [0.29, 0.717) is 66.4 Å². The number of aromatic hydroxyl groups is 2. The lowest BCUT2D eigenvalue weighted by Crippen LogP contribution is -3.00. The molecule has 2 aromatic rings. The summed E-state index contributed by atoms with van der Waals surface area (Å²) in [5.41, 5.74) is 2.42. The van der Waals surface area contributed by atoms with E-state index in [0.717, 1.165) is 0 Å². The fraction of sp³-hybridized carbons (Fsp3) is 0.571. The molecular weight excluding hydrogens is 996 g/mol. The van der Waals surface area contributed by atoms with Gasteiger partial charge < -0.3 is 124 Å². The van der Waals surface area contributed by atoms with Crippen molar-refractivity contribution < 1.29 is 132 Å². The number of phenols is 2. The van der Waals surface area contributed by atoms with Crippen molar-refractivity contribution in [1.29, 1.82) is 0 Å². The summed E-state index contributed by atoms with van der Waals surface area (Å²) in [6.07, 6.45) is 0. The molecular formula is C28H50I4N4O4S. The Morgan fingerprint density at radius 3 is 0.780 bits per heavy atom. The van der Waals surface area contributed by atoms with Gasteiger partial charge in [0, 0.05) is 22.3 Å². The van der Waals surface area contributed by atoms with Crippen LogP contribution in [0.3, 0.4) is 0 Å². The van der Waals surface area contributed by atoms with Gasteiger partial charge in [0.1, 0.15) is 37.7 Å². The zero-order valence-corrected chi connectivity index (χ0v) is 36.0. The van der Waals surface area contributed by atoms with Crippen molar-refractivity contribution in [3.05, 3.63) is 46.5 Å². The number of phenolic OH excluding ortho intramolecular Hbond substituents is 2. The molecule has 0 aliphatic rings. The van der Waals surface area contributed by atoms with Crippen LogP contribution in [0.1, 0.15) is 22.3 Å². The van der Waals surface area contributed by atoms with Gasteiger partial charge in [0.25, 0.3) is 0 Å². The topological polar surface area (TPSA) is 74.6 Å². The van der Waals surface area contributed by atoms with Gasteiger partial charge in [0.05, 0.1) is 94.4 Å². The standard InChI is InChI=1S/C28H48N4O4S.4HI/c1-29(2,3)17-21-13-25(14-22(27(21)33)18-30(4,5)6)37(35,36)26-15-23(19-31(7,8)9)28(34)24(16-26)20-32(10,11)12;;;;/h13-16H,17-20H2,1-12H3;4*1H/q+2;;;;/p-2. The lowest BCUT2D eigenvalue weighted by atomic mass is 10.1. The summed E-state index contributed by atoms with van der Waals surface area (Å²) in [4.78, 5) is 0.325. The maximum absolute atomic E-state index is 14.1. The molecule has 0 radical (unpaired) electrons. The van der Waals surface area contributed by atoms with Crippen molar-refractivity contribution in [2.75, 3.05) is 84.6 Å². The zero-order valence-electron chi connectivity index (χ0n) is 26.6. The largest absolute Gasteiger partial charge is 1.00 e. The van der Waals surface area contributed by atoms with Gasteiger partial charge in [-0.25, -0.2) is 8.42 Å². The molecule has 0 spiro atoms. The molecule has 2 N–H and O–H groups in total. The Hall–Kier alpha value is 0.750. The van der Waals surface area contributed by atoms with Crippen molar-refractivity contribution in [2.45, 2.75) is 36.0 Å². The third kappa shape index (κ3) is 14.6. The maximum atomic E-state index is 14.1. The van der Waals surface area contributed by atoms with E-state index in [1.807, 2.05) is 84.6 Å². The number of hydrogen-bond acceptors (Lipinski definition) is 4. The molecule has 0 fully saturated rings. The number of benzene rings is 2. The monoisotopic (exact) mass is 1050 g/mol. The molecule has 0 aliphatic carbocycles. The molecule has 41 heavy (non-hydrogen) atoms. The molecule has 8 nitrogen and oxygen atoms in total. The minimum Gasteiger partial charge on any atom is -1.00 e. The van der Waals surface area contributed by atoms with Crippen molar-refractivity contribution in [3.63, 3.8) is 0 Å². The summed E-state index contributed by atoms with van der Waals surface area (Å²) in [7, 11) is 20.2. The highest BCUT2D eigenvalue weighted by atomic mass is 127. The van der Waals surface area contributed by atoms with Crippen LogP contribution < -0.4 is 95.9 Å². The first-order valence-corrected chi connectivity index (χ1v) is 14.0. The third-order valence-electron chi connectivity index (χ3n) is 5.68. The number of halogens is 4. The van der Waals surface area contributed by atoms with Crippen molar-refractivity contribution >= 4 is 9.84 Å². The first kappa shape index (κ1) is 46.2. The predicted molar refractivity (Wildman–Crippen MR) is 149 cm³/mol. The van der Waals surface area contributed by atoms with E-state index in [9.17, 15) is 18.6 Å². The average molecular weight is 1050 g/mol. The molecule has 0 atom stereocenters. The van der Waals surface area contributed by atoms with E-state index in [2.05, 4.69) is 0 Å². The Kier molecular flexibility index (Phi) is 18.4. The van der Waals surface area contributed by atoms with E-state index in [1.165, 1.54) is 0 Å². The van der Waals surface area contributed by atoms with Crippen LogP contribution in [0.15, 0.2) is 34.1 Å². The molecule has 0 amide bonds. The van der Waals surface area contributed by atoms with E-state index < -0.39 is 9.84 Å². The van der Waals surface area contributed by atoms with Gasteiger partial charge in [-0.3, -0.25) is 0 Å². The Bertz CT molecular complexity index is 1100. The SMILES string of the molecule is C[N+](C)(C)Cc1cc(S(=O)(=O)c2cc(C[N+](C)(C)C)c(O)c(C[N+](C)(C)C)c2)cc(C[N+](C)(C)C)c1O.[I-].[I-].[I-].[I-]. The molecule has 0 saturated heterocycles. The zero-order chi connectivity index (χ0) is 28.8. The predicted octanol–water partition coefficient (Wildman–Crippen LogP) is -9.23. The lowest BCUT2D eigenvalue weighted by Gasteiger charge is -2.28. The van der Waals surface area contributed by atoms with E-state index >= 15 is 0 Å². The van der Waals surface area contributed by atoms with E-state index in [-0.39, 0.29) is 117 Å². The van der Waals surface area contributed by atoms with Gasteiger partial charge in [0.2, 0.25) is 9.84 Å². The Balaban J connectivity index is -0.00000361. The van der Waals surface area contributed by atoms with Crippen LogP contribution in [0.25, 0.3) is 0 Å². The number of sulfone groups is 1. The molecule has 13 heteroatoms. The van der Waals surface area contributed by atoms with Crippen molar-refractivity contribution in [2.24, 2.45) is 0 Å². The molecule has 0 unspecified atom stereocenters. The summed E-state index contributed by atoms with van der Waals surface area (Å²) in [6.45, 7) is 1.92. The van der Waals surface area contributed by atoms with Crippen LogP contribution in [0.2, 0.25) is 0 Å². The molecule has 0 saturated carbocycles. The van der Waals surface area contributed by atoms with E-state index in [1.54, 1.807) is 24.3 Å². The molecule has 240 valence electrons. The van der Waals surface area contributed by atoms with Crippen molar-refractivity contribution in [1.82, 2.24) is 0 Å². The first-order valence-electron chi connectivity index (χ1n) is 12.5. The summed E-state index contributed by atoms with van der Waals surface area (Å²) in [5.74, 6) is 0.310. The number of quaternary nitrogens is 4. The second-order valence-electron chi connectivity index (χ2n) is 14.5. The van der Waals surface area contributed by atoms with Crippen LogP contribution in [-0.4, -0.2) is 121 Å². The number of nitrogens with zero attached hydrogens (tertiary/aromatic N) is 4. The van der Waals surface area contributed by atoms with Crippen LogP contribution in [0.4, 0.5) is 0 Å². The summed E-state index contributed by atoms with van der Waals surface area (Å²) in [5, 5.41) is 22.2. The molecule has 0 aliphatic heterocycles. The quantitative estimate of drug-likeness (QED) is 0.184. The second-order valence-corrected chi connectivity index (χ2v) is 16.4. The van der Waals surface area contributed by atoms with Gasteiger partial charge in [-0.2, -0.15) is 0 Å². The van der Waals surface area contributed by atoms with Crippen LogP contribution in [0.5, 0.6) is 11.5 Å². The summed E-state index contributed by atoms with van der Waals surface area (Å²) < 4.78 is 30.5. The van der Waals surface area contributed by atoms with Crippen LogP contribution in [0, 0.1) is 0 Å². The van der Waals surface area contributed by atoms with E-state index in [4.69, 9.17) is 0 Å². The number of hydrogen-bond donors (Lipinski definition) is 2.